The number of guanidine groups is 1. The highest BCUT2D eigenvalue weighted by Gasteiger charge is 2.44. The largest absolute Gasteiger partial charge is 0.338 e. The van der Waals surface area contributed by atoms with Gasteiger partial charge >= 0.3 is 0 Å². The SMILES string of the molecule is CCC1(c2ccc(C)cc2)NC(=NC)NC1=O. The maximum absolute atomic E-state index is 12.1. The Hall–Kier alpha value is -1.84. The molecule has 0 saturated carbocycles. The molecule has 2 rings (SSSR count). The van der Waals surface area contributed by atoms with Gasteiger partial charge in [-0.05, 0) is 18.9 Å². The van der Waals surface area contributed by atoms with Crippen LogP contribution in [0.15, 0.2) is 29.3 Å². The van der Waals surface area contributed by atoms with Gasteiger partial charge in [0.05, 0.1) is 0 Å². The number of nitrogens with one attached hydrogen (secondary N) is 2. The van der Waals surface area contributed by atoms with Crippen LogP contribution in [0.5, 0.6) is 0 Å². The van der Waals surface area contributed by atoms with E-state index in [0.717, 1.165) is 5.56 Å². The van der Waals surface area contributed by atoms with E-state index in [-0.39, 0.29) is 5.91 Å². The molecular weight excluding hydrogens is 214 g/mol. The molecule has 0 radical (unpaired) electrons. The molecule has 17 heavy (non-hydrogen) atoms. The van der Waals surface area contributed by atoms with Gasteiger partial charge in [0.25, 0.3) is 5.91 Å². The van der Waals surface area contributed by atoms with Gasteiger partial charge in [0.2, 0.25) is 0 Å². The van der Waals surface area contributed by atoms with Crippen LogP contribution in [0.3, 0.4) is 0 Å². The number of carbonyl (C=O) groups excluding carboxylic acids is 1. The molecule has 1 saturated heterocycles. The van der Waals surface area contributed by atoms with Gasteiger partial charge in [-0.25, -0.2) is 0 Å². The monoisotopic (exact) mass is 231 g/mol. The van der Waals surface area contributed by atoms with Crippen LogP contribution in [0, 0.1) is 6.92 Å². The first-order chi connectivity index (χ1) is 8.12. The molecule has 1 heterocycles. The average molecular weight is 231 g/mol. The molecule has 4 nitrogen and oxygen atoms in total. The minimum Gasteiger partial charge on any atom is -0.338 e. The van der Waals surface area contributed by atoms with E-state index in [9.17, 15) is 4.79 Å². The number of nitrogens with zero attached hydrogens (tertiary/aromatic N) is 1. The van der Waals surface area contributed by atoms with Crippen molar-refractivity contribution in [3.8, 4) is 0 Å². The van der Waals surface area contributed by atoms with E-state index in [0.29, 0.717) is 12.4 Å². The van der Waals surface area contributed by atoms with Gasteiger partial charge in [0.1, 0.15) is 5.54 Å². The number of rotatable bonds is 2. The van der Waals surface area contributed by atoms with Crippen LogP contribution in [0.2, 0.25) is 0 Å². The minimum absolute atomic E-state index is 0.0375. The van der Waals surface area contributed by atoms with Gasteiger partial charge in [-0.3, -0.25) is 15.1 Å². The molecule has 1 aromatic carbocycles. The summed E-state index contributed by atoms with van der Waals surface area (Å²) in [7, 11) is 1.66. The van der Waals surface area contributed by atoms with E-state index in [1.807, 2.05) is 38.1 Å². The molecule has 2 N–H and O–H groups in total. The van der Waals surface area contributed by atoms with E-state index in [4.69, 9.17) is 0 Å². The number of amides is 1. The van der Waals surface area contributed by atoms with Gasteiger partial charge < -0.3 is 5.32 Å². The number of benzene rings is 1. The van der Waals surface area contributed by atoms with Crippen LogP contribution < -0.4 is 10.6 Å². The third-order valence-electron chi connectivity index (χ3n) is 3.25. The Morgan fingerprint density at radius 1 is 1.29 bits per heavy atom. The summed E-state index contributed by atoms with van der Waals surface area (Å²) in [4.78, 5) is 16.1. The molecule has 1 atom stereocenters. The first kappa shape index (κ1) is 11.6. The zero-order valence-corrected chi connectivity index (χ0v) is 10.4. The third kappa shape index (κ3) is 1.79. The first-order valence-electron chi connectivity index (χ1n) is 5.76. The van der Waals surface area contributed by atoms with Gasteiger partial charge in [-0.15, -0.1) is 0 Å². The molecule has 0 bridgehead atoms. The number of hydrogen-bond acceptors (Lipinski definition) is 2. The van der Waals surface area contributed by atoms with Gasteiger partial charge in [-0.1, -0.05) is 36.8 Å². The van der Waals surface area contributed by atoms with Gasteiger partial charge in [-0.2, -0.15) is 0 Å². The summed E-state index contributed by atoms with van der Waals surface area (Å²) in [6, 6.07) is 8.01. The van der Waals surface area contributed by atoms with Crippen molar-refractivity contribution < 1.29 is 4.79 Å². The van der Waals surface area contributed by atoms with Gasteiger partial charge in [0, 0.05) is 7.05 Å². The highest BCUT2D eigenvalue weighted by molar-refractivity contribution is 6.09. The molecule has 0 aromatic heterocycles. The first-order valence-corrected chi connectivity index (χ1v) is 5.76. The fourth-order valence-corrected chi connectivity index (χ4v) is 2.11. The lowest BCUT2D eigenvalue weighted by Gasteiger charge is -2.25. The van der Waals surface area contributed by atoms with Crippen molar-refractivity contribution in [2.24, 2.45) is 4.99 Å². The number of hydrogen-bond donors (Lipinski definition) is 2. The minimum atomic E-state index is -0.678. The topological polar surface area (TPSA) is 53.5 Å². The fraction of sp³-hybridized carbons (Fsp3) is 0.385. The van der Waals surface area contributed by atoms with Crippen molar-refractivity contribution >= 4 is 11.9 Å². The Bertz CT molecular complexity index is 464. The second-order valence-corrected chi connectivity index (χ2v) is 4.28. The summed E-state index contributed by atoms with van der Waals surface area (Å²) < 4.78 is 0. The van der Waals surface area contributed by atoms with E-state index in [1.165, 1.54) is 5.56 Å². The number of aryl methyl sites for hydroxylation is 1. The van der Waals surface area contributed by atoms with E-state index >= 15 is 0 Å². The maximum Gasteiger partial charge on any atom is 0.257 e. The zero-order chi connectivity index (χ0) is 12.5. The highest BCUT2D eigenvalue weighted by Crippen LogP contribution is 2.28. The standard InChI is InChI=1S/C13H17N3O/c1-4-13(10-7-5-9(2)6-8-10)11(17)15-12(14-3)16-13/h5-8H,4H2,1-3H3,(H2,14,15,16,17). The molecular formula is C13H17N3O. The molecule has 1 amide bonds. The predicted molar refractivity (Wildman–Crippen MR) is 67.8 cm³/mol. The Morgan fingerprint density at radius 3 is 2.41 bits per heavy atom. The smallest absolute Gasteiger partial charge is 0.257 e. The lowest BCUT2D eigenvalue weighted by atomic mass is 9.87. The predicted octanol–water partition coefficient (Wildman–Crippen LogP) is 1.31. The number of carbonyl (C=O) groups is 1. The second-order valence-electron chi connectivity index (χ2n) is 4.28. The molecule has 90 valence electrons. The van der Waals surface area contributed by atoms with Crippen LogP contribution in [0.4, 0.5) is 0 Å². The Labute approximate surface area is 101 Å². The molecule has 1 aliphatic heterocycles. The Balaban J connectivity index is 2.45. The molecule has 4 heteroatoms. The maximum atomic E-state index is 12.1. The lowest BCUT2D eigenvalue weighted by Crippen LogP contribution is -2.43. The molecule has 1 aliphatic rings. The summed E-state index contributed by atoms with van der Waals surface area (Å²) in [5.41, 5.74) is 1.48. The molecule has 0 aliphatic carbocycles. The summed E-state index contributed by atoms with van der Waals surface area (Å²) in [6.07, 6.45) is 0.681. The second kappa shape index (κ2) is 4.20. The van der Waals surface area contributed by atoms with Crippen LogP contribution in [0.1, 0.15) is 24.5 Å². The summed E-state index contributed by atoms with van der Waals surface area (Å²) in [5.74, 6) is 0.502. The van der Waals surface area contributed by atoms with Crippen molar-refractivity contribution in [3.63, 3.8) is 0 Å². The van der Waals surface area contributed by atoms with Crippen molar-refractivity contribution in [2.45, 2.75) is 25.8 Å². The van der Waals surface area contributed by atoms with E-state index in [2.05, 4.69) is 15.6 Å². The Morgan fingerprint density at radius 2 is 1.94 bits per heavy atom. The van der Waals surface area contributed by atoms with Crippen molar-refractivity contribution in [3.05, 3.63) is 35.4 Å². The van der Waals surface area contributed by atoms with E-state index in [1.54, 1.807) is 7.05 Å². The van der Waals surface area contributed by atoms with Crippen molar-refractivity contribution in [1.82, 2.24) is 10.6 Å². The quantitative estimate of drug-likeness (QED) is 0.806. The van der Waals surface area contributed by atoms with Crippen molar-refractivity contribution in [1.29, 1.82) is 0 Å². The number of aliphatic imine (C=N–C) groups is 1. The van der Waals surface area contributed by atoms with Crippen LogP contribution in [0.25, 0.3) is 0 Å². The van der Waals surface area contributed by atoms with Crippen LogP contribution in [-0.2, 0) is 10.3 Å². The molecule has 1 unspecified atom stereocenters. The zero-order valence-electron chi connectivity index (χ0n) is 10.4. The van der Waals surface area contributed by atoms with Crippen molar-refractivity contribution in [2.75, 3.05) is 7.05 Å². The third-order valence-corrected chi connectivity index (χ3v) is 3.25. The molecule has 0 spiro atoms. The average Bonchev–Trinajstić information content (AvgIpc) is 2.68. The lowest BCUT2D eigenvalue weighted by molar-refractivity contribution is -0.124. The molecule has 1 aromatic rings. The van der Waals surface area contributed by atoms with Crippen LogP contribution in [-0.4, -0.2) is 18.9 Å². The highest BCUT2D eigenvalue weighted by atomic mass is 16.2. The van der Waals surface area contributed by atoms with Crippen LogP contribution >= 0.6 is 0 Å². The molecule has 1 fully saturated rings. The summed E-state index contributed by atoms with van der Waals surface area (Å²) in [5, 5.41) is 5.94. The summed E-state index contributed by atoms with van der Waals surface area (Å²) in [6.45, 7) is 4.02. The summed E-state index contributed by atoms with van der Waals surface area (Å²) >= 11 is 0. The van der Waals surface area contributed by atoms with Gasteiger partial charge in [0.15, 0.2) is 5.96 Å². The Kier molecular flexibility index (Phi) is 2.88. The fourth-order valence-electron chi connectivity index (χ4n) is 2.11. The normalized spacial score (nSPS) is 25.8. The van der Waals surface area contributed by atoms with E-state index < -0.39 is 5.54 Å².